The third-order valence-electron chi connectivity index (χ3n) is 4.88. The van der Waals surface area contributed by atoms with Gasteiger partial charge in [-0.3, -0.25) is 4.79 Å². The van der Waals surface area contributed by atoms with Crippen LogP contribution in [0.15, 0.2) is 24.5 Å². The number of hydrogen-bond acceptors (Lipinski definition) is 4. The van der Waals surface area contributed by atoms with Gasteiger partial charge in [0.1, 0.15) is 0 Å². The summed E-state index contributed by atoms with van der Waals surface area (Å²) >= 11 is 6.42. The van der Waals surface area contributed by atoms with E-state index in [4.69, 9.17) is 11.6 Å². The van der Waals surface area contributed by atoms with Gasteiger partial charge in [-0.25, -0.2) is 4.68 Å². The van der Waals surface area contributed by atoms with Gasteiger partial charge in [0.25, 0.3) is 5.91 Å². The Balaban J connectivity index is 1.88. The summed E-state index contributed by atoms with van der Waals surface area (Å²) in [4.78, 5) is 17.0. The van der Waals surface area contributed by atoms with Crippen molar-refractivity contribution in [3.63, 3.8) is 0 Å². The predicted molar refractivity (Wildman–Crippen MR) is 93.4 cm³/mol. The fourth-order valence-electron chi connectivity index (χ4n) is 3.21. The van der Waals surface area contributed by atoms with Crippen molar-refractivity contribution in [3.05, 3.63) is 46.2 Å². The van der Waals surface area contributed by atoms with E-state index in [0.717, 1.165) is 11.1 Å². The minimum atomic E-state index is -0.0300. The van der Waals surface area contributed by atoms with Crippen LogP contribution in [0.4, 0.5) is 0 Å². The lowest BCUT2D eigenvalue weighted by molar-refractivity contribution is 0.0781. The van der Waals surface area contributed by atoms with Crippen molar-refractivity contribution in [2.75, 3.05) is 27.2 Å². The Labute approximate surface area is 147 Å². The van der Waals surface area contributed by atoms with Crippen molar-refractivity contribution in [3.8, 4) is 0 Å². The summed E-state index contributed by atoms with van der Waals surface area (Å²) in [7, 11) is 4.04. The second kappa shape index (κ2) is 6.53. The highest BCUT2D eigenvalue weighted by Gasteiger charge is 2.38. The van der Waals surface area contributed by atoms with E-state index in [0.29, 0.717) is 23.7 Å². The largest absolute Gasteiger partial charge is 0.335 e. The topological polar surface area (TPSA) is 54.3 Å². The molecule has 0 bridgehead atoms. The lowest BCUT2D eigenvalue weighted by Crippen LogP contribution is -2.37. The molecule has 0 N–H and O–H groups in total. The molecule has 0 unspecified atom stereocenters. The van der Waals surface area contributed by atoms with Crippen LogP contribution in [0, 0.1) is 13.8 Å². The molecule has 2 atom stereocenters. The molecule has 1 amide bonds. The molecule has 6 nitrogen and oxygen atoms in total. The van der Waals surface area contributed by atoms with Crippen LogP contribution >= 0.6 is 11.6 Å². The molecule has 1 saturated heterocycles. The van der Waals surface area contributed by atoms with Gasteiger partial charge in [0.15, 0.2) is 0 Å². The first-order valence-electron chi connectivity index (χ1n) is 7.97. The van der Waals surface area contributed by atoms with Crippen molar-refractivity contribution in [2.45, 2.75) is 25.9 Å². The monoisotopic (exact) mass is 347 g/mol. The zero-order valence-corrected chi connectivity index (χ0v) is 15.2. The summed E-state index contributed by atoms with van der Waals surface area (Å²) in [5.74, 6) is -0.0300. The number of likely N-dealkylation sites (N-methyl/N-ethyl adjacent to an activating group) is 1. The second-order valence-corrected chi connectivity index (χ2v) is 6.94. The van der Waals surface area contributed by atoms with Crippen LogP contribution in [0.2, 0.25) is 5.02 Å². The molecule has 0 spiro atoms. The van der Waals surface area contributed by atoms with Gasteiger partial charge in [-0.15, -0.1) is 5.10 Å². The number of aryl methyl sites for hydroxylation is 1. The Morgan fingerprint density at radius 2 is 2.04 bits per heavy atom. The van der Waals surface area contributed by atoms with Crippen LogP contribution in [0.25, 0.3) is 0 Å². The fraction of sp³-hybridized carbons (Fsp3) is 0.471. The Kier molecular flexibility index (Phi) is 4.60. The molecule has 0 saturated carbocycles. The van der Waals surface area contributed by atoms with E-state index in [1.54, 1.807) is 6.20 Å². The average Bonchev–Trinajstić information content (AvgIpc) is 3.20. The molecule has 7 heteroatoms. The molecule has 24 heavy (non-hydrogen) atoms. The van der Waals surface area contributed by atoms with Crippen molar-refractivity contribution in [2.24, 2.45) is 0 Å². The minimum Gasteiger partial charge on any atom is -0.335 e. The van der Waals surface area contributed by atoms with Crippen LogP contribution in [0.3, 0.4) is 0 Å². The number of amides is 1. The molecule has 1 fully saturated rings. The molecule has 0 radical (unpaired) electrons. The zero-order valence-electron chi connectivity index (χ0n) is 14.4. The molecular formula is C17H22ClN5O. The number of aromatic nitrogens is 3. The molecule has 2 aromatic rings. The average molecular weight is 348 g/mol. The highest BCUT2D eigenvalue weighted by Crippen LogP contribution is 2.29. The van der Waals surface area contributed by atoms with Crippen molar-refractivity contribution in [1.82, 2.24) is 24.8 Å². The fourth-order valence-corrected chi connectivity index (χ4v) is 3.51. The summed E-state index contributed by atoms with van der Waals surface area (Å²) in [6.45, 7) is 5.17. The van der Waals surface area contributed by atoms with E-state index >= 15 is 0 Å². The van der Waals surface area contributed by atoms with Gasteiger partial charge in [0, 0.05) is 19.3 Å². The van der Waals surface area contributed by atoms with Crippen LogP contribution in [-0.4, -0.2) is 63.9 Å². The van der Waals surface area contributed by atoms with E-state index in [1.807, 2.05) is 55.9 Å². The number of halogens is 1. The summed E-state index contributed by atoms with van der Waals surface area (Å²) < 4.78 is 1.83. The van der Waals surface area contributed by atoms with Gasteiger partial charge in [-0.2, -0.15) is 0 Å². The van der Waals surface area contributed by atoms with E-state index in [-0.39, 0.29) is 18.0 Å². The zero-order chi connectivity index (χ0) is 17.4. The molecule has 1 aliphatic heterocycles. The van der Waals surface area contributed by atoms with Gasteiger partial charge >= 0.3 is 0 Å². The van der Waals surface area contributed by atoms with E-state index in [2.05, 4.69) is 15.2 Å². The third-order valence-corrected chi connectivity index (χ3v) is 5.37. The standard InChI is InChI=1S/C17H22ClN5O/c1-11-5-6-13(16(18)12(11)2)17(24)22-9-14(21(3)4)15(10-22)23-8-7-19-20-23/h5-8,14-15H,9-10H2,1-4H3/t14-,15+/m1/s1. The molecule has 128 valence electrons. The van der Waals surface area contributed by atoms with Crippen molar-refractivity contribution >= 4 is 17.5 Å². The smallest absolute Gasteiger partial charge is 0.255 e. The van der Waals surface area contributed by atoms with Gasteiger partial charge in [0.2, 0.25) is 0 Å². The maximum absolute atomic E-state index is 13.0. The Hall–Kier alpha value is -1.92. The summed E-state index contributed by atoms with van der Waals surface area (Å²) in [5, 5.41) is 8.56. The first-order chi connectivity index (χ1) is 11.4. The van der Waals surface area contributed by atoms with Crippen LogP contribution in [0.5, 0.6) is 0 Å². The van der Waals surface area contributed by atoms with Crippen LogP contribution in [-0.2, 0) is 0 Å². The number of benzene rings is 1. The van der Waals surface area contributed by atoms with Crippen molar-refractivity contribution < 1.29 is 4.79 Å². The van der Waals surface area contributed by atoms with Gasteiger partial charge in [-0.1, -0.05) is 22.9 Å². The summed E-state index contributed by atoms with van der Waals surface area (Å²) in [6, 6.07) is 4.03. The summed E-state index contributed by atoms with van der Waals surface area (Å²) in [5.41, 5.74) is 2.61. The Bertz CT molecular complexity index is 744. The van der Waals surface area contributed by atoms with Gasteiger partial charge in [-0.05, 0) is 45.1 Å². The van der Waals surface area contributed by atoms with E-state index in [9.17, 15) is 4.79 Å². The molecule has 0 aliphatic carbocycles. The number of likely N-dealkylation sites (tertiary alicyclic amines) is 1. The Morgan fingerprint density at radius 1 is 1.29 bits per heavy atom. The highest BCUT2D eigenvalue weighted by atomic mass is 35.5. The van der Waals surface area contributed by atoms with Crippen LogP contribution in [0.1, 0.15) is 27.5 Å². The van der Waals surface area contributed by atoms with Gasteiger partial charge in [0.05, 0.1) is 28.9 Å². The second-order valence-electron chi connectivity index (χ2n) is 6.56. The number of hydrogen-bond donors (Lipinski definition) is 0. The maximum atomic E-state index is 13.0. The van der Waals surface area contributed by atoms with Crippen LogP contribution < -0.4 is 0 Å². The SMILES string of the molecule is Cc1ccc(C(=O)N2C[C@@H](N(C)C)[C@@H](n3ccnn3)C2)c(Cl)c1C. The maximum Gasteiger partial charge on any atom is 0.255 e. The molecular weight excluding hydrogens is 326 g/mol. The highest BCUT2D eigenvalue weighted by molar-refractivity contribution is 6.34. The lowest BCUT2D eigenvalue weighted by Gasteiger charge is -2.24. The molecule has 3 rings (SSSR count). The first-order valence-corrected chi connectivity index (χ1v) is 8.35. The quantitative estimate of drug-likeness (QED) is 0.854. The molecule has 1 aromatic carbocycles. The van der Waals surface area contributed by atoms with Crippen molar-refractivity contribution in [1.29, 1.82) is 0 Å². The number of carbonyl (C=O) groups is 1. The molecule has 1 aliphatic rings. The lowest BCUT2D eigenvalue weighted by atomic mass is 10.1. The van der Waals surface area contributed by atoms with E-state index in [1.165, 1.54) is 0 Å². The first kappa shape index (κ1) is 16.9. The molecule has 2 heterocycles. The Morgan fingerprint density at radius 3 is 2.67 bits per heavy atom. The number of nitrogens with zero attached hydrogens (tertiary/aromatic N) is 5. The third kappa shape index (κ3) is 2.91. The predicted octanol–water partition coefficient (Wildman–Crippen LogP) is 2.18. The normalized spacial score (nSPS) is 20.8. The summed E-state index contributed by atoms with van der Waals surface area (Å²) in [6.07, 6.45) is 3.51. The van der Waals surface area contributed by atoms with E-state index < -0.39 is 0 Å². The number of rotatable bonds is 3. The van der Waals surface area contributed by atoms with Gasteiger partial charge < -0.3 is 9.80 Å². The molecule has 1 aromatic heterocycles. The number of carbonyl (C=O) groups excluding carboxylic acids is 1. The minimum absolute atomic E-state index is 0.0300.